The molecule has 0 spiro atoms. The van der Waals surface area contributed by atoms with E-state index in [9.17, 15) is 8.42 Å². The first kappa shape index (κ1) is 10.8. The van der Waals surface area contributed by atoms with Crippen LogP contribution < -0.4 is 0 Å². The van der Waals surface area contributed by atoms with Crippen molar-refractivity contribution in [3.63, 3.8) is 0 Å². The van der Waals surface area contributed by atoms with Crippen LogP contribution in [0.2, 0.25) is 0 Å². The van der Waals surface area contributed by atoms with E-state index in [0.717, 1.165) is 0 Å². The normalized spacial score (nSPS) is 10.6. The molecule has 1 aromatic carbocycles. The van der Waals surface area contributed by atoms with Gasteiger partial charge in [0.2, 0.25) is 0 Å². The molecule has 74 valence electrons. The number of hydrogen-bond donors (Lipinski definition) is 0. The van der Waals surface area contributed by atoms with Gasteiger partial charge in [-0.15, -0.1) is 0 Å². The van der Waals surface area contributed by atoms with Crippen LogP contribution in [0.1, 0.15) is 5.56 Å². The summed E-state index contributed by atoms with van der Waals surface area (Å²) in [6.07, 6.45) is 0. The molecule has 0 aliphatic heterocycles. The Kier molecular flexibility index (Phi) is 3.35. The fourth-order valence-electron chi connectivity index (χ4n) is 0.980. The molecule has 1 aromatic rings. The van der Waals surface area contributed by atoms with E-state index in [1.165, 1.54) is 6.07 Å². The number of azide groups is 1. The van der Waals surface area contributed by atoms with E-state index < -0.39 is 9.05 Å². The monoisotopic (exact) mass is 231 g/mol. The standard InChI is InChI=1S/C7H6ClN3O2S/c8-14(12,13)7-4-2-1-3-6(7)5-10-11-9/h1-4H,5H2. The second kappa shape index (κ2) is 4.32. The Labute approximate surface area is 85.4 Å². The maximum absolute atomic E-state index is 11.0. The number of rotatable bonds is 3. The van der Waals surface area contributed by atoms with Crippen LogP contribution in [-0.4, -0.2) is 8.42 Å². The fraction of sp³-hybridized carbons (Fsp3) is 0.143. The Morgan fingerprint density at radius 1 is 1.43 bits per heavy atom. The lowest BCUT2D eigenvalue weighted by Crippen LogP contribution is -1.96. The molecule has 0 saturated heterocycles. The smallest absolute Gasteiger partial charge is 0.207 e. The van der Waals surface area contributed by atoms with Crippen molar-refractivity contribution in [3.05, 3.63) is 40.3 Å². The van der Waals surface area contributed by atoms with Gasteiger partial charge in [-0.25, -0.2) is 8.42 Å². The first-order chi connectivity index (χ1) is 6.55. The third-order valence-corrected chi connectivity index (χ3v) is 2.96. The highest BCUT2D eigenvalue weighted by atomic mass is 35.7. The molecule has 0 atom stereocenters. The summed E-state index contributed by atoms with van der Waals surface area (Å²) in [6.45, 7) is -0.0291. The van der Waals surface area contributed by atoms with Gasteiger partial charge in [-0.1, -0.05) is 23.3 Å². The largest absolute Gasteiger partial charge is 0.261 e. The van der Waals surface area contributed by atoms with Crippen molar-refractivity contribution in [2.75, 3.05) is 0 Å². The van der Waals surface area contributed by atoms with E-state index in [4.69, 9.17) is 16.2 Å². The quantitative estimate of drug-likeness (QED) is 0.346. The summed E-state index contributed by atoms with van der Waals surface area (Å²) < 4.78 is 22.1. The molecule has 0 unspecified atom stereocenters. The van der Waals surface area contributed by atoms with Crippen LogP contribution in [0.15, 0.2) is 34.3 Å². The molecular formula is C7H6ClN3O2S. The van der Waals surface area contributed by atoms with Crippen LogP contribution >= 0.6 is 10.7 Å². The number of halogens is 1. The zero-order valence-corrected chi connectivity index (χ0v) is 8.53. The zero-order chi connectivity index (χ0) is 10.6. The van der Waals surface area contributed by atoms with Crippen LogP contribution in [-0.2, 0) is 15.6 Å². The summed E-state index contributed by atoms with van der Waals surface area (Å²) >= 11 is 0. The van der Waals surface area contributed by atoms with Crippen molar-refractivity contribution >= 4 is 19.7 Å². The molecule has 0 aromatic heterocycles. The van der Waals surface area contributed by atoms with E-state index in [-0.39, 0.29) is 11.4 Å². The summed E-state index contributed by atoms with van der Waals surface area (Å²) in [4.78, 5) is 2.52. The first-order valence-electron chi connectivity index (χ1n) is 3.59. The minimum Gasteiger partial charge on any atom is -0.207 e. The van der Waals surface area contributed by atoms with E-state index in [2.05, 4.69) is 10.0 Å². The van der Waals surface area contributed by atoms with Crippen molar-refractivity contribution in [2.45, 2.75) is 11.4 Å². The molecule has 1 rings (SSSR count). The highest BCUT2D eigenvalue weighted by molar-refractivity contribution is 8.13. The fourth-order valence-corrected chi connectivity index (χ4v) is 2.12. The van der Waals surface area contributed by atoms with E-state index in [1.807, 2.05) is 0 Å². The van der Waals surface area contributed by atoms with Gasteiger partial charge in [-0.2, -0.15) is 0 Å². The van der Waals surface area contributed by atoms with Crippen molar-refractivity contribution in [1.29, 1.82) is 0 Å². The van der Waals surface area contributed by atoms with Crippen LogP contribution in [0.25, 0.3) is 10.4 Å². The molecule has 0 radical (unpaired) electrons. The van der Waals surface area contributed by atoms with Crippen LogP contribution in [0.5, 0.6) is 0 Å². The third kappa shape index (κ3) is 2.63. The third-order valence-electron chi connectivity index (χ3n) is 1.54. The molecule has 7 heteroatoms. The van der Waals surface area contributed by atoms with E-state index in [0.29, 0.717) is 5.56 Å². The maximum atomic E-state index is 11.0. The van der Waals surface area contributed by atoms with Gasteiger partial charge in [0.25, 0.3) is 9.05 Å². The lowest BCUT2D eigenvalue weighted by Gasteiger charge is -2.01. The lowest BCUT2D eigenvalue weighted by atomic mass is 10.2. The predicted octanol–water partition coefficient (Wildman–Crippen LogP) is 2.42. The van der Waals surface area contributed by atoms with Crippen LogP contribution in [0, 0.1) is 0 Å². The van der Waals surface area contributed by atoms with Gasteiger partial charge in [0.15, 0.2) is 0 Å². The van der Waals surface area contributed by atoms with Crippen molar-refractivity contribution in [2.24, 2.45) is 5.11 Å². The minimum absolute atomic E-state index is 0.0194. The van der Waals surface area contributed by atoms with Crippen LogP contribution in [0.4, 0.5) is 0 Å². The maximum Gasteiger partial charge on any atom is 0.261 e. The Morgan fingerprint density at radius 3 is 2.64 bits per heavy atom. The molecule has 0 aliphatic carbocycles. The average Bonchev–Trinajstić information content (AvgIpc) is 2.14. The van der Waals surface area contributed by atoms with Crippen molar-refractivity contribution in [1.82, 2.24) is 0 Å². The minimum atomic E-state index is -3.77. The van der Waals surface area contributed by atoms with Crippen molar-refractivity contribution in [3.8, 4) is 0 Å². The topological polar surface area (TPSA) is 82.9 Å². The zero-order valence-electron chi connectivity index (χ0n) is 6.96. The molecule has 0 saturated carbocycles. The summed E-state index contributed by atoms with van der Waals surface area (Å²) in [5.74, 6) is 0. The highest BCUT2D eigenvalue weighted by Crippen LogP contribution is 2.20. The van der Waals surface area contributed by atoms with E-state index >= 15 is 0 Å². The summed E-state index contributed by atoms with van der Waals surface area (Å²) in [5.41, 5.74) is 8.49. The molecule has 0 aliphatic rings. The Hall–Kier alpha value is -1.23. The van der Waals surface area contributed by atoms with Gasteiger partial charge >= 0.3 is 0 Å². The van der Waals surface area contributed by atoms with Crippen LogP contribution in [0.3, 0.4) is 0 Å². The predicted molar refractivity (Wildman–Crippen MR) is 52.3 cm³/mol. The first-order valence-corrected chi connectivity index (χ1v) is 5.90. The molecular weight excluding hydrogens is 226 g/mol. The molecule has 5 nitrogen and oxygen atoms in total. The Bertz CT molecular complexity index is 479. The Morgan fingerprint density at radius 2 is 2.07 bits per heavy atom. The summed E-state index contributed by atoms with van der Waals surface area (Å²) in [5, 5.41) is 3.27. The van der Waals surface area contributed by atoms with Gasteiger partial charge in [0.1, 0.15) is 0 Å². The molecule has 0 fully saturated rings. The van der Waals surface area contributed by atoms with Gasteiger partial charge in [-0.05, 0) is 17.2 Å². The average molecular weight is 232 g/mol. The van der Waals surface area contributed by atoms with Crippen molar-refractivity contribution < 1.29 is 8.42 Å². The Balaban J connectivity index is 3.23. The molecule has 0 N–H and O–H groups in total. The summed E-state index contributed by atoms with van der Waals surface area (Å²) in [7, 11) is 1.41. The second-order valence-electron chi connectivity index (χ2n) is 2.43. The molecule has 0 bridgehead atoms. The van der Waals surface area contributed by atoms with E-state index in [1.54, 1.807) is 18.2 Å². The van der Waals surface area contributed by atoms with Gasteiger partial charge in [0.05, 0.1) is 11.4 Å². The molecule has 0 heterocycles. The van der Waals surface area contributed by atoms with Gasteiger partial charge in [0, 0.05) is 15.6 Å². The highest BCUT2D eigenvalue weighted by Gasteiger charge is 2.13. The van der Waals surface area contributed by atoms with Gasteiger partial charge < -0.3 is 0 Å². The SMILES string of the molecule is [N-]=[N+]=NCc1ccccc1S(=O)(=O)Cl. The van der Waals surface area contributed by atoms with Gasteiger partial charge in [-0.3, -0.25) is 0 Å². The molecule has 14 heavy (non-hydrogen) atoms. The molecule has 0 amide bonds. The lowest BCUT2D eigenvalue weighted by molar-refractivity contribution is 0.608. The number of nitrogens with zero attached hydrogens (tertiary/aromatic N) is 3. The number of hydrogen-bond acceptors (Lipinski definition) is 3. The number of benzene rings is 1. The second-order valence-corrected chi connectivity index (χ2v) is 4.97. The summed E-state index contributed by atoms with van der Waals surface area (Å²) in [6, 6.07) is 6.11.